The van der Waals surface area contributed by atoms with Gasteiger partial charge in [0.1, 0.15) is 22.2 Å². The number of nitrogens with zero attached hydrogens (tertiary/aromatic N) is 1. The molecule has 56 heavy (non-hydrogen) atoms. The molecule has 0 aliphatic carbocycles. The van der Waals surface area contributed by atoms with Gasteiger partial charge in [0.15, 0.2) is 0 Å². The lowest BCUT2D eigenvalue weighted by atomic mass is 9.95. The number of aromatic nitrogens is 1. The smallest absolute Gasteiger partial charge is 0.416 e. The number of alkyl halides is 3. The average Bonchev–Trinajstić information content (AvgIpc) is 3.53. The quantitative estimate of drug-likeness (QED) is 0.0639. The van der Waals surface area contributed by atoms with Crippen LogP contribution in [0.4, 0.5) is 23.7 Å². The van der Waals surface area contributed by atoms with Crippen LogP contribution >= 0.6 is 23.1 Å². The maximum absolute atomic E-state index is 14.2. The minimum atomic E-state index is -4.64. The Bertz CT molecular complexity index is 1970. The summed E-state index contributed by atoms with van der Waals surface area (Å²) in [5.41, 5.74) is 3.28. The van der Waals surface area contributed by atoms with E-state index in [1.165, 1.54) is 23.1 Å². The van der Waals surface area contributed by atoms with Gasteiger partial charge in [-0.2, -0.15) is 13.2 Å². The van der Waals surface area contributed by atoms with Crippen LogP contribution in [0, 0.1) is 0 Å². The highest BCUT2D eigenvalue weighted by molar-refractivity contribution is 7.99. The van der Waals surface area contributed by atoms with Crippen molar-refractivity contribution in [2.75, 3.05) is 17.6 Å². The van der Waals surface area contributed by atoms with Crippen molar-refractivity contribution >= 4 is 56.7 Å². The van der Waals surface area contributed by atoms with Crippen molar-refractivity contribution in [3.63, 3.8) is 0 Å². The van der Waals surface area contributed by atoms with E-state index >= 15 is 0 Å². The number of carbonyl (C=O) groups is 3. The van der Waals surface area contributed by atoms with Gasteiger partial charge in [-0.25, -0.2) is 9.78 Å². The summed E-state index contributed by atoms with van der Waals surface area (Å²) in [6, 6.07) is 16.0. The van der Waals surface area contributed by atoms with Crippen LogP contribution in [0.3, 0.4) is 0 Å². The van der Waals surface area contributed by atoms with E-state index in [2.05, 4.69) is 24.1 Å². The third-order valence-corrected chi connectivity index (χ3v) is 11.2. The molecular weight excluding hydrogens is 756 g/mol. The first-order chi connectivity index (χ1) is 26.5. The molecular formula is C44H54F3N3O4S2. The van der Waals surface area contributed by atoms with Crippen LogP contribution in [0.15, 0.2) is 71.8 Å². The van der Waals surface area contributed by atoms with Crippen molar-refractivity contribution in [3.8, 4) is 10.6 Å². The van der Waals surface area contributed by atoms with E-state index in [4.69, 9.17) is 9.72 Å². The maximum Gasteiger partial charge on any atom is 0.416 e. The summed E-state index contributed by atoms with van der Waals surface area (Å²) < 4.78 is 48.7. The van der Waals surface area contributed by atoms with E-state index in [1.54, 1.807) is 20.8 Å². The van der Waals surface area contributed by atoms with Gasteiger partial charge in [-0.15, -0.1) is 23.1 Å². The van der Waals surface area contributed by atoms with Crippen molar-refractivity contribution < 1.29 is 32.3 Å². The first-order valence-corrected chi connectivity index (χ1v) is 21.2. The number of thioether (sulfide) groups is 1. The predicted molar refractivity (Wildman–Crippen MR) is 224 cm³/mol. The van der Waals surface area contributed by atoms with Crippen molar-refractivity contribution in [2.45, 2.75) is 122 Å². The molecule has 0 bridgehead atoms. The van der Waals surface area contributed by atoms with Gasteiger partial charge in [0.25, 0.3) is 0 Å². The van der Waals surface area contributed by atoms with Crippen LogP contribution in [0.5, 0.6) is 0 Å². The number of unbranched alkanes of at least 4 members (excludes halogenated alkanes) is 3. The van der Waals surface area contributed by atoms with Crippen molar-refractivity contribution in [1.29, 1.82) is 0 Å². The number of rotatable bonds is 21. The second-order valence-corrected chi connectivity index (χ2v) is 17.2. The Hall–Kier alpha value is -4.16. The van der Waals surface area contributed by atoms with E-state index in [0.29, 0.717) is 53.2 Å². The van der Waals surface area contributed by atoms with Crippen LogP contribution in [-0.2, 0) is 39.8 Å². The second kappa shape index (κ2) is 20.8. The number of benzene rings is 3. The molecule has 0 atom stereocenters. The number of ketones is 2. The van der Waals surface area contributed by atoms with Crippen LogP contribution in [-0.4, -0.2) is 40.5 Å². The van der Waals surface area contributed by atoms with Crippen LogP contribution in [0.2, 0.25) is 0 Å². The fourth-order valence-electron chi connectivity index (χ4n) is 6.06. The Morgan fingerprint density at radius 2 is 1.52 bits per heavy atom. The van der Waals surface area contributed by atoms with Gasteiger partial charge < -0.3 is 10.1 Å². The average molecular weight is 810 g/mol. The number of allylic oxidation sites excluding steroid dienone is 1. The van der Waals surface area contributed by atoms with Crippen LogP contribution < -0.4 is 10.6 Å². The number of nitrogens with one attached hydrogen (secondary N) is 2. The summed E-state index contributed by atoms with van der Waals surface area (Å²) in [5.74, 6) is 0.262. The molecule has 0 saturated carbocycles. The molecule has 302 valence electrons. The third-order valence-electron chi connectivity index (χ3n) is 8.75. The zero-order chi connectivity index (χ0) is 40.9. The zero-order valence-electron chi connectivity index (χ0n) is 33.1. The predicted octanol–water partition coefficient (Wildman–Crippen LogP) is 12.2. The highest BCUT2D eigenvalue weighted by Crippen LogP contribution is 2.37. The Balaban J connectivity index is 1.41. The molecule has 3 aromatic carbocycles. The van der Waals surface area contributed by atoms with Gasteiger partial charge in [-0.1, -0.05) is 39.3 Å². The Kier molecular flexibility index (Phi) is 16.6. The molecule has 1 amide bonds. The molecule has 0 aliphatic heterocycles. The number of amides is 1. The topological polar surface area (TPSA) is 97.4 Å². The van der Waals surface area contributed by atoms with Gasteiger partial charge >= 0.3 is 12.3 Å². The molecule has 2 N–H and O–H groups in total. The highest BCUT2D eigenvalue weighted by Gasteiger charge is 2.33. The van der Waals surface area contributed by atoms with E-state index in [9.17, 15) is 27.6 Å². The van der Waals surface area contributed by atoms with Gasteiger partial charge in [0.05, 0.1) is 15.8 Å². The number of carbonyl (C=O) groups excluding carboxylic acids is 3. The Morgan fingerprint density at radius 1 is 0.839 bits per heavy atom. The van der Waals surface area contributed by atoms with Gasteiger partial charge in [-0.3, -0.25) is 14.9 Å². The molecule has 0 spiro atoms. The summed E-state index contributed by atoms with van der Waals surface area (Å²) >= 11 is 2.93. The second-order valence-electron chi connectivity index (χ2n) is 15.0. The fourth-order valence-corrected chi connectivity index (χ4v) is 8.14. The molecule has 1 aromatic heterocycles. The number of fused-ring (bicyclic) bond motifs is 1. The molecule has 0 fully saturated rings. The summed E-state index contributed by atoms with van der Waals surface area (Å²) in [6.07, 6.45) is 0.154. The molecule has 0 saturated heterocycles. The van der Waals surface area contributed by atoms with E-state index in [1.807, 2.05) is 49.4 Å². The van der Waals surface area contributed by atoms with Crippen molar-refractivity contribution in [3.05, 3.63) is 89.1 Å². The van der Waals surface area contributed by atoms with Crippen LogP contribution in [0.1, 0.15) is 108 Å². The normalized spacial score (nSPS) is 11.8. The van der Waals surface area contributed by atoms with Gasteiger partial charge in [0.2, 0.25) is 0 Å². The lowest BCUT2D eigenvalue weighted by Crippen LogP contribution is -2.31. The number of Topliss-reactive ketones (excluding diaryl/α,β-unsaturated/α-hetero) is 2. The Morgan fingerprint density at radius 3 is 2.16 bits per heavy atom. The monoisotopic (exact) mass is 809 g/mol. The van der Waals surface area contributed by atoms with Gasteiger partial charge in [0, 0.05) is 54.1 Å². The number of hydrogen-bond donors (Lipinski definition) is 2. The van der Waals surface area contributed by atoms with Crippen molar-refractivity contribution in [2.24, 2.45) is 0 Å². The summed E-state index contributed by atoms with van der Waals surface area (Å²) in [4.78, 5) is 44.0. The lowest BCUT2D eigenvalue weighted by Gasteiger charge is -2.20. The molecule has 1 heterocycles. The molecule has 0 unspecified atom stereocenters. The maximum atomic E-state index is 14.2. The largest absolute Gasteiger partial charge is 0.444 e. The molecule has 12 heteroatoms. The third kappa shape index (κ3) is 14.4. The molecule has 4 rings (SSSR count). The standard InChI is InChI=1S/C44H54F3N3O4S2/c1-7-9-21-48-35-18-16-31(17-19-35)41-50-38-20-15-30(24-39(38)56-41)23-37(52)28-33-26-34(44(45,46)47)25-32(40(33)55-22-8-2)27-36(51)14-12-10-11-13-29(3)49-42(53)54-43(4,5)6/h15-20,24-26,48H,3,7-14,21-23,27-28H2,1-2,4-6H3,(H,49,53). The molecule has 4 aromatic rings. The molecule has 0 aliphatic rings. The highest BCUT2D eigenvalue weighted by atomic mass is 32.2. The lowest BCUT2D eigenvalue weighted by molar-refractivity contribution is -0.138. The number of ether oxygens (including phenoxy) is 1. The minimum Gasteiger partial charge on any atom is -0.444 e. The van der Waals surface area contributed by atoms with E-state index < -0.39 is 23.4 Å². The van der Waals surface area contributed by atoms with E-state index in [-0.39, 0.29) is 37.2 Å². The first-order valence-electron chi connectivity index (χ1n) is 19.3. The number of halogens is 3. The molecule has 7 nitrogen and oxygen atoms in total. The minimum absolute atomic E-state index is 0.0589. The SMILES string of the molecule is C=C(CCCCCC(=O)Cc1cc(C(F)(F)F)cc(CC(=O)Cc2ccc3nc(-c4ccc(NCCCC)cc4)sc3c2)c1SCCC)NC(=O)OC(C)(C)C. The number of anilines is 1. The number of thiazole rings is 1. The fraction of sp³-hybridized carbons (Fsp3) is 0.455. The first kappa shape index (κ1) is 44.6. The zero-order valence-corrected chi connectivity index (χ0v) is 34.8. The van der Waals surface area contributed by atoms with Gasteiger partial charge in [-0.05, 0) is 124 Å². The molecule has 0 radical (unpaired) electrons. The summed E-state index contributed by atoms with van der Waals surface area (Å²) in [6.45, 7) is 14.2. The summed E-state index contributed by atoms with van der Waals surface area (Å²) in [5, 5.41) is 6.90. The number of alkyl carbamates (subject to hydrolysis) is 1. The van der Waals surface area contributed by atoms with E-state index in [0.717, 1.165) is 70.0 Å². The number of hydrogen-bond acceptors (Lipinski definition) is 8. The van der Waals surface area contributed by atoms with Crippen molar-refractivity contribution in [1.82, 2.24) is 10.3 Å². The van der Waals surface area contributed by atoms with Crippen LogP contribution in [0.25, 0.3) is 20.8 Å². The Labute approximate surface area is 337 Å². The summed E-state index contributed by atoms with van der Waals surface area (Å²) in [7, 11) is 0.